The van der Waals surface area contributed by atoms with Gasteiger partial charge in [-0.2, -0.15) is 0 Å². The molecule has 0 aromatic heterocycles. The Bertz CT molecular complexity index is 199. The molecule has 0 aromatic rings. The summed E-state index contributed by atoms with van der Waals surface area (Å²) in [5, 5.41) is 3.50. The van der Waals surface area contributed by atoms with Crippen LogP contribution in [-0.4, -0.2) is 62.2 Å². The summed E-state index contributed by atoms with van der Waals surface area (Å²) in [5.74, 6) is 1.76. The molecule has 94 valence electrons. The maximum Gasteiger partial charge on any atom is 0.0110 e. The molecule has 0 aliphatic carbocycles. The highest BCUT2D eigenvalue weighted by Gasteiger charge is 2.26. The van der Waals surface area contributed by atoms with Crippen LogP contribution in [0.3, 0.4) is 0 Å². The molecule has 0 amide bonds. The van der Waals surface area contributed by atoms with Gasteiger partial charge in [0.25, 0.3) is 0 Å². The second-order valence-corrected chi connectivity index (χ2v) is 5.54. The first kappa shape index (κ1) is 12.3. The molecule has 0 spiro atoms. The highest BCUT2D eigenvalue weighted by atomic mass is 15.3. The quantitative estimate of drug-likeness (QED) is 0.766. The molecule has 3 nitrogen and oxygen atoms in total. The van der Waals surface area contributed by atoms with E-state index in [1.807, 2.05) is 0 Å². The van der Waals surface area contributed by atoms with Crippen molar-refractivity contribution < 1.29 is 0 Å². The van der Waals surface area contributed by atoms with E-state index in [0.29, 0.717) is 0 Å². The molecule has 16 heavy (non-hydrogen) atoms. The summed E-state index contributed by atoms with van der Waals surface area (Å²) in [4.78, 5) is 5.27. The van der Waals surface area contributed by atoms with Gasteiger partial charge in [0, 0.05) is 32.7 Å². The van der Waals surface area contributed by atoms with Crippen LogP contribution >= 0.6 is 0 Å². The maximum atomic E-state index is 3.50. The fraction of sp³-hybridized carbons (Fsp3) is 1.00. The van der Waals surface area contributed by atoms with Crippen LogP contribution in [0.4, 0.5) is 0 Å². The van der Waals surface area contributed by atoms with Crippen molar-refractivity contribution >= 4 is 0 Å². The minimum absolute atomic E-state index is 0.869. The van der Waals surface area contributed by atoms with Crippen LogP contribution in [0.15, 0.2) is 0 Å². The summed E-state index contributed by atoms with van der Waals surface area (Å²) in [6, 6.07) is 0. The van der Waals surface area contributed by atoms with Gasteiger partial charge < -0.3 is 15.1 Å². The summed E-state index contributed by atoms with van der Waals surface area (Å²) >= 11 is 0. The molecule has 0 bridgehead atoms. The fourth-order valence-electron chi connectivity index (χ4n) is 2.95. The van der Waals surface area contributed by atoms with Crippen molar-refractivity contribution in [2.24, 2.45) is 11.8 Å². The van der Waals surface area contributed by atoms with Gasteiger partial charge in [0.15, 0.2) is 0 Å². The van der Waals surface area contributed by atoms with Crippen LogP contribution in [0, 0.1) is 11.8 Å². The molecule has 2 aliphatic heterocycles. The second kappa shape index (κ2) is 5.99. The number of piperazine rings is 1. The highest BCUT2D eigenvalue weighted by Crippen LogP contribution is 2.17. The average Bonchev–Trinajstić information content (AvgIpc) is 2.68. The van der Waals surface area contributed by atoms with Crippen LogP contribution in [0.5, 0.6) is 0 Å². The zero-order valence-electron chi connectivity index (χ0n) is 10.9. The molecule has 3 heteroatoms. The van der Waals surface area contributed by atoms with E-state index in [1.165, 1.54) is 58.8 Å². The van der Waals surface area contributed by atoms with E-state index in [0.717, 1.165) is 11.8 Å². The first-order chi connectivity index (χ1) is 7.79. The normalized spacial score (nSPS) is 33.4. The Morgan fingerprint density at radius 2 is 1.75 bits per heavy atom. The van der Waals surface area contributed by atoms with E-state index in [2.05, 4.69) is 29.0 Å². The van der Waals surface area contributed by atoms with Crippen molar-refractivity contribution in [2.75, 3.05) is 52.4 Å². The Morgan fingerprint density at radius 3 is 2.31 bits per heavy atom. The van der Waals surface area contributed by atoms with Gasteiger partial charge in [-0.3, -0.25) is 0 Å². The number of hydrogen-bond acceptors (Lipinski definition) is 3. The van der Waals surface area contributed by atoms with Gasteiger partial charge in [0.05, 0.1) is 0 Å². The fourth-order valence-corrected chi connectivity index (χ4v) is 2.95. The molecule has 1 N–H and O–H groups in total. The minimum atomic E-state index is 0.869. The van der Waals surface area contributed by atoms with Gasteiger partial charge in [-0.1, -0.05) is 13.8 Å². The highest BCUT2D eigenvalue weighted by molar-refractivity contribution is 4.82. The van der Waals surface area contributed by atoms with Gasteiger partial charge in [0.1, 0.15) is 0 Å². The zero-order valence-corrected chi connectivity index (χ0v) is 10.9. The Kier molecular flexibility index (Phi) is 4.62. The summed E-state index contributed by atoms with van der Waals surface area (Å²) in [7, 11) is 0. The average molecular weight is 225 g/mol. The summed E-state index contributed by atoms with van der Waals surface area (Å²) < 4.78 is 0. The van der Waals surface area contributed by atoms with E-state index in [-0.39, 0.29) is 0 Å². The first-order valence-corrected chi connectivity index (χ1v) is 6.95. The largest absolute Gasteiger partial charge is 0.316 e. The lowest BCUT2D eigenvalue weighted by Gasteiger charge is -2.36. The molecule has 0 radical (unpaired) electrons. The van der Waals surface area contributed by atoms with Gasteiger partial charge >= 0.3 is 0 Å². The smallest absolute Gasteiger partial charge is 0.0110 e. The molecule has 2 saturated heterocycles. The van der Waals surface area contributed by atoms with Crippen molar-refractivity contribution in [2.45, 2.75) is 20.3 Å². The Hall–Kier alpha value is -0.120. The predicted octanol–water partition coefficient (Wildman–Crippen LogP) is 0.870. The minimum Gasteiger partial charge on any atom is -0.316 e. The zero-order chi connectivity index (χ0) is 11.4. The van der Waals surface area contributed by atoms with Gasteiger partial charge in [-0.15, -0.1) is 0 Å². The SMILES string of the molecule is CCCN1CCN(CC2CNCC2C)CC1. The third-order valence-electron chi connectivity index (χ3n) is 4.18. The second-order valence-electron chi connectivity index (χ2n) is 5.54. The van der Waals surface area contributed by atoms with Crippen LogP contribution < -0.4 is 5.32 Å². The van der Waals surface area contributed by atoms with Crippen molar-refractivity contribution in [1.82, 2.24) is 15.1 Å². The van der Waals surface area contributed by atoms with Gasteiger partial charge in [-0.05, 0) is 37.9 Å². The lowest BCUT2D eigenvalue weighted by molar-refractivity contribution is 0.114. The molecule has 2 fully saturated rings. The predicted molar refractivity (Wildman–Crippen MR) is 68.7 cm³/mol. The number of nitrogens with one attached hydrogen (secondary N) is 1. The molecular formula is C13H27N3. The van der Waals surface area contributed by atoms with E-state index in [4.69, 9.17) is 0 Å². The van der Waals surface area contributed by atoms with E-state index < -0.39 is 0 Å². The van der Waals surface area contributed by atoms with Crippen molar-refractivity contribution in [3.05, 3.63) is 0 Å². The van der Waals surface area contributed by atoms with Crippen molar-refractivity contribution in [3.63, 3.8) is 0 Å². The van der Waals surface area contributed by atoms with Crippen LogP contribution in [-0.2, 0) is 0 Å². The Balaban J connectivity index is 1.68. The van der Waals surface area contributed by atoms with Gasteiger partial charge in [-0.25, -0.2) is 0 Å². The van der Waals surface area contributed by atoms with Crippen LogP contribution in [0.1, 0.15) is 20.3 Å². The number of nitrogens with zero attached hydrogens (tertiary/aromatic N) is 2. The maximum absolute atomic E-state index is 3.50. The third kappa shape index (κ3) is 3.19. The van der Waals surface area contributed by atoms with Crippen LogP contribution in [0.2, 0.25) is 0 Å². The van der Waals surface area contributed by atoms with E-state index >= 15 is 0 Å². The summed E-state index contributed by atoms with van der Waals surface area (Å²) in [6.07, 6.45) is 1.30. The Morgan fingerprint density at radius 1 is 1.06 bits per heavy atom. The Labute approximate surface area is 100 Å². The van der Waals surface area contributed by atoms with E-state index in [1.54, 1.807) is 0 Å². The van der Waals surface area contributed by atoms with E-state index in [9.17, 15) is 0 Å². The first-order valence-electron chi connectivity index (χ1n) is 6.95. The molecule has 0 saturated carbocycles. The lowest BCUT2D eigenvalue weighted by Crippen LogP contribution is -2.48. The van der Waals surface area contributed by atoms with Gasteiger partial charge in [0.2, 0.25) is 0 Å². The summed E-state index contributed by atoms with van der Waals surface area (Å²) in [5.41, 5.74) is 0. The molecule has 2 atom stereocenters. The third-order valence-corrected chi connectivity index (χ3v) is 4.18. The van der Waals surface area contributed by atoms with Crippen molar-refractivity contribution in [1.29, 1.82) is 0 Å². The van der Waals surface area contributed by atoms with Crippen molar-refractivity contribution in [3.8, 4) is 0 Å². The standard InChI is InChI=1S/C13H27N3/c1-3-4-15-5-7-16(8-6-15)11-13-10-14-9-12(13)2/h12-14H,3-11H2,1-2H3. The topological polar surface area (TPSA) is 18.5 Å². The molecule has 2 aliphatic rings. The molecule has 2 unspecified atom stereocenters. The lowest BCUT2D eigenvalue weighted by atomic mass is 9.97. The molecular weight excluding hydrogens is 198 g/mol. The van der Waals surface area contributed by atoms with Crippen LogP contribution in [0.25, 0.3) is 0 Å². The monoisotopic (exact) mass is 225 g/mol. The number of rotatable bonds is 4. The number of hydrogen-bond donors (Lipinski definition) is 1. The molecule has 0 aromatic carbocycles. The molecule has 2 heterocycles. The summed E-state index contributed by atoms with van der Waals surface area (Å²) in [6.45, 7) is 14.8. The molecule has 2 rings (SSSR count).